The quantitative estimate of drug-likeness (QED) is 0.442. The number of aryl methyl sites for hydroxylation is 1. The molecule has 2 aromatic carbocycles. The number of benzene rings is 2. The van der Waals surface area contributed by atoms with Crippen LogP contribution in [0.4, 0.5) is 5.69 Å². The summed E-state index contributed by atoms with van der Waals surface area (Å²) in [6, 6.07) is 15.1. The van der Waals surface area contributed by atoms with E-state index in [4.69, 9.17) is 4.74 Å². The van der Waals surface area contributed by atoms with Crippen molar-refractivity contribution in [1.82, 2.24) is 4.57 Å². The Morgan fingerprint density at radius 2 is 1.85 bits per heavy atom. The summed E-state index contributed by atoms with van der Waals surface area (Å²) in [6.45, 7) is 3.87. The molecule has 1 aromatic heterocycles. The molecule has 8 nitrogen and oxygen atoms in total. The lowest BCUT2D eigenvalue weighted by Gasteiger charge is -2.29. The third kappa shape index (κ3) is 5.63. The first-order chi connectivity index (χ1) is 16.4. The Morgan fingerprint density at radius 3 is 2.68 bits per heavy atom. The Bertz CT molecular complexity index is 1370. The van der Waals surface area contributed by atoms with Crippen LogP contribution in [0.3, 0.4) is 0 Å². The standard InChI is InChI=1S/C24H27N3O5S2/c1-2-32-15-14-27-20-11-5-6-12-21(20)33-24(27)25-22(28)16-34(30,31)17-23(29)26-13-7-9-18-8-3-4-10-19(18)26/h3-6,8,10-12H,2,7,9,13-17H2,1H3. The zero-order chi connectivity index (χ0) is 24.1. The van der Waals surface area contributed by atoms with Crippen molar-refractivity contribution in [3.8, 4) is 0 Å². The smallest absolute Gasteiger partial charge is 0.263 e. The van der Waals surface area contributed by atoms with E-state index in [1.54, 1.807) is 0 Å². The molecule has 0 unspecified atom stereocenters. The van der Waals surface area contributed by atoms with Crippen molar-refractivity contribution >= 4 is 48.9 Å². The first kappa shape index (κ1) is 24.3. The molecule has 3 aromatic rings. The average molecular weight is 502 g/mol. The lowest BCUT2D eigenvalue weighted by Crippen LogP contribution is -2.40. The number of hydrogen-bond donors (Lipinski definition) is 0. The van der Waals surface area contributed by atoms with Crippen LogP contribution in [0.5, 0.6) is 0 Å². The van der Waals surface area contributed by atoms with Gasteiger partial charge in [0.25, 0.3) is 5.91 Å². The van der Waals surface area contributed by atoms with Gasteiger partial charge in [0.05, 0.1) is 16.8 Å². The Kier molecular flexibility index (Phi) is 7.60. The maximum atomic E-state index is 12.8. The van der Waals surface area contributed by atoms with Crippen molar-refractivity contribution < 1.29 is 22.7 Å². The van der Waals surface area contributed by atoms with Crippen LogP contribution in [-0.2, 0) is 37.1 Å². The van der Waals surface area contributed by atoms with E-state index in [1.807, 2.05) is 60.0 Å². The van der Waals surface area contributed by atoms with E-state index >= 15 is 0 Å². The van der Waals surface area contributed by atoms with Gasteiger partial charge in [-0.3, -0.25) is 9.59 Å². The molecule has 1 aliphatic heterocycles. The van der Waals surface area contributed by atoms with Crippen molar-refractivity contribution in [3.05, 3.63) is 58.9 Å². The average Bonchev–Trinajstić information content (AvgIpc) is 3.15. The molecular formula is C24H27N3O5S2. The highest BCUT2D eigenvalue weighted by Gasteiger charge is 2.28. The van der Waals surface area contributed by atoms with Gasteiger partial charge in [0, 0.05) is 25.4 Å². The highest BCUT2D eigenvalue weighted by Crippen LogP contribution is 2.27. The number of nitrogens with zero attached hydrogens (tertiary/aromatic N) is 3. The SMILES string of the molecule is CCOCCn1c(=NC(=O)CS(=O)(=O)CC(=O)N2CCCc3ccccc32)sc2ccccc21. The molecular weight excluding hydrogens is 474 g/mol. The predicted molar refractivity (Wildman–Crippen MR) is 133 cm³/mol. The minimum absolute atomic E-state index is 0.414. The zero-order valence-electron chi connectivity index (χ0n) is 19.0. The summed E-state index contributed by atoms with van der Waals surface area (Å²) >= 11 is 1.32. The molecule has 2 amide bonds. The van der Waals surface area contributed by atoms with Gasteiger partial charge in [-0.1, -0.05) is 41.7 Å². The minimum atomic E-state index is -3.98. The second-order valence-corrected chi connectivity index (χ2v) is 11.1. The Hall–Kier alpha value is -2.82. The van der Waals surface area contributed by atoms with Crippen LogP contribution in [-0.4, -0.2) is 56.1 Å². The number of rotatable bonds is 8. The summed E-state index contributed by atoms with van der Waals surface area (Å²) in [5, 5.41) is 0. The van der Waals surface area contributed by atoms with Gasteiger partial charge in [-0.15, -0.1) is 0 Å². The van der Waals surface area contributed by atoms with Gasteiger partial charge in [-0.05, 0) is 43.5 Å². The van der Waals surface area contributed by atoms with Gasteiger partial charge in [-0.25, -0.2) is 8.42 Å². The van der Waals surface area contributed by atoms with Crippen LogP contribution in [0, 0.1) is 0 Å². The molecule has 0 aliphatic carbocycles. The summed E-state index contributed by atoms with van der Waals surface area (Å²) in [4.78, 5) is 31.5. The van der Waals surface area contributed by atoms with Crippen LogP contribution in [0.1, 0.15) is 18.9 Å². The van der Waals surface area contributed by atoms with E-state index in [0.29, 0.717) is 31.1 Å². The number of carbonyl (C=O) groups excluding carboxylic acids is 2. The summed E-state index contributed by atoms with van der Waals surface area (Å²) in [7, 11) is -3.98. The summed E-state index contributed by atoms with van der Waals surface area (Å²) < 4.78 is 33.7. The van der Waals surface area contributed by atoms with Crippen LogP contribution in [0.2, 0.25) is 0 Å². The Balaban J connectivity index is 1.51. The number of hydrogen-bond acceptors (Lipinski definition) is 6. The van der Waals surface area contributed by atoms with Gasteiger partial charge in [0.2, 0.25) is 5.91 Å². The first-order valence-electron chi connectivity index (χ1n) is 11.2. The first-order valence-corrected chi connectivity index (χ1v) is 13.8. The van der Waals surface area contributed by atoms with Crippen molar-refractivity contribution in [2.24, 2.45) is 4.99 Å². The number of aromatic nitrogens is 1. The molecule has 0 fully saturated rings. The van der Waals surface area contributed by atoms with E-state index in [2.05, 4.69) is 4.99 Å². The lowest BCUT2D eigenvalue weighted by atomic mass is 10.0. The molecule has 0 saturated carbocycles. The number of anilines is 1. The lowest BCUT2D eigenvalue weighted by molar-refractivity contribution is -0.116. The summed E-state index contributed by atoms with van der Waals surface area (Å²) in [5.74, 6) is -2.84. The predicted octanol–water partition coefficient (Wildman–Crippen LogP) is 2.56. The third-order valence-corrected chi connectivity index (χ3v) is 8.00. The minimum Gasteiger partial charge on any atom is -0.380 e. The van der Waals surface area contributed by atoms with Gasteiger partial charge in [0.15, 0.2) is 14.6 Å². The molecule has 0 spiro atoms. The molecule has 34 heavy (non-hydrogen) atoms. The van der Waals surface area contributed by atoms with E-state index in [-0.39, 0.29) is 0 Å². The van der Waals surface area contributed by atoms with Crippen LogP contribution >= 0.6 is 11.3 Å². The highest BCUT2D eigenvalue weighted by molar-refractivity contribution is 7.92. The van der Waals surface area contributed by atoms with Crippen LogP contribution in [0.15, 0.2) is 53.5 Å². The van der Waals surface area contributed by atoms with Gasteiger partial charge < -0.3 is 14.2 Å². The van der Waals surface area contributed by atoms with E-state index < -0.39 is 33.2 Å². The van der Waals surface area contributed by atoms with Gasteiger partial charge in [-0.2, -0.15) is 4.99 Å². The van der Waals surface area contributed by atoms with Gasteiger partial charge >= 0.3 is 0 Å². The third-order valence-electron chi connectivity index (χ3n) is 5.57. The fraction of sp³-hybridized carbons (Fsp3) is 0.375. The largest absolute Gasteiger partial charge is 0.380 e. The molecule has 2 heterocycles. The molecule has 0 atom stereocenters. The molecule has 0 saturated heterocycles. The number of fused-ring (bicyclic) bond motifs is 2. The molecule has 10 heteroatoms. The molecule has 180 valence electrons. The molecule has 1 aliphatic rings. The number of sulfone groups is 1. The van der Waals surface area contributed by atoms with Crippen molar-refractivity contribution in [1.29, 1.82) is 0 Å². The number of carbonyl (C=O) groups is 2. The van der Waals surface area contributed by atoms with E-state index in [9.17, 15) is 18.0 Å². The number of amides is 2. The van der Waals surface area contributed by atoms with Crippen LogP contribution < -0.4 is 9.70 Å². The van der Waals surface area contributed by atoms with Crippen molar-refractivity contribution in [3.63, 3.8) is 0 Å². The number of ether oxygens (including phenoxy) is 1. The van der Waals surface area contributed by atoms with Crippen LogP contribution in [0.25, 0.3) is 10.2 Å². The molecule has 0 N–H and O–H groups in total. The molecule has 4 rings (SSSR count). The monoisotopic (exact) mass is 501 g/mol. The normalized spacial score (nSPS) is 14.4. The van der Waals surface area contributed by atoms with Gasteiger partial charge in [0.1, 0.15) is 11.5 Å². The Morgan fingerprint density at radius 1 is 1.09 bits per heavy atom. The number of thiazole rings is 1. The van der Waals surface area contributed by atoms with Crippen molar-refractivity contribution in [2.75, 3.05) is 36.2 Å². The van der Waals surface area contributed by atoms with E-state index in [1.165, 1.54) is 16.2 Å². The topological polar surface area (TPSA) is 98.0 Å². The Labute approximate surface area is 202 Å². The maximum absolute atomic E-state index is 12.8. The fourth-order valence-electron chi connectivity index (χ4n) is 4.06. The zero-order valence-corrected chi connectivity index (χ0v) is 20.6. The second-order valence-electron chi connectivity index (χ2n) is 8.02. The highest BCUT2D eigenvalue weighted by atomic mass is 32.2. The number of para-hydroxylation sites is 2. The summed E-state index contributed by atoms with van der Waals surface area (Å²) in [6.07, 6.45) is 1.62. The molecule has 0 radical (unpaired) electrons. The fourth-order valence-corrected chi connectivity index (χ4v) is 6.21. The maximum Gasteiger partial charge on any atom is 0.263 e. The van der Waals surface area contributed by atoms with Crippen molar-refractivity contribution in [2.45, 2.75) is 26.3 Å². The molecule has 0 bridgehead atoms. The summed E-state index contributed by atoms with van der Waals surface area (Å²) in [5.41, 5.74) is 2.66. The van der Waals surface area contributed by atoms with E-state index in [0.717, 1.165) is 34.3 Å². The second kappa shape index (κ2) is 10.6.